The molecule has 18 heavy (non-hydrogen) atoms. The zero-order valence-corrected chi connectivity index (χ0v) is 11.6. The number of sulfonamides is 1. The maximum atomic E-state index is 12.0. The average molecular weight is 289 g/mol. The van der Waals surface area contributed by atoms with Gasteiger partial charge in [-0.15, -0.1) is 11.3 Å². The van der Waals surface area contributed by atoms with Crippen molar-refractivity contribution in [3.63, 3.8) is 0 Å². The molecular formula is C11H15NO4S2. The van der Waals surface area contributed by atoms with Crippen molar-refractivity contribution in [2.24, 2.45) is 5.92 Å². The van der Waals surface area contributed by atoms with Crippen molar-refractivity contribution in [1.82, 2.24) is 4.72 Å². The Labute approximate surface area is 110 Å². The molecule has 0 saturated heterocycles. The minimum Gasteiger partial charge on any atom is -0.477 e. The molecular weight excluding hydrogens is 274 g/mol. The Hall–Kier alpha value is -0.920. The Kier molecular flexibility index (Phi) is 3.74. The lowest BCUT2D eigenvalue weighted by Gasteiger charge is -2.31. The molecule has 0 bridgehead atoms. The van der Waals surface area contributed by atoms with Crippen LogP contribution in [0.1, 0.15) is 35.9 Å². The molecule has 1 aliphatic rings. The molecule has 1 aliphatic carbocycles. The molecule has 0 spiro atoms. The smallest absolute Gasteiger partial charge is 0.345 e. The van der Waals surface area contributed by atoms with Gasteiger partial charge < -0.3 is 5.11 Å². The molecule has 0 aromatic carbocycles. The van der Waals surface area contributed by atoms with Crippen molar-refractivity contribution in [3.8, 4) is 0 Å². The third-order valence-corrected chi connectivity index (χ3v) is 5.90. The molecule has 2 rings (SSSR count). The minimum absolute atomic E-state index is 0.0340. The predicted octanol–water partition coefficient (Wildman–Crippen LogP) is 1.91. The first-order valence-corrected chi connectivity index (χ1v) is 8.10. The Morgan fingerprint density at radius 1 is 1.56 bits per heavy atom. The molecule has 2 N–H and O–H groups in total. The Morgan fingerprint density at radius 2 is 2.22 bits per heavy atom. The van der Waals surface area contributed by atoms with E-state index in [1.165, 1.54) is 11.4 Å². The van der Waals surface area contributed by atoms with Gasteiger partial charge in [0, 0.05) is 11.4 Å². The number of hydrogen-bond acceptors (Lipinski definition) is 4. The van der Waals surface area contributed by atoms with E-state index < -0.39 is 16.0 Å². The highest BCUT2D eigenvalue weighted by Crippen LogP contribution is 2.30. The Balaban J connectivity index is 2.11. The second-order valence-electron chi connectivity index (χ2n) is 4.55. The highest BCUT2D eigenvalue weighted by atomic mass is 32.2. The monoisotopic (exact) mass is 289 g/mol. The number of thiophene rings is 1. The summed E-state index contributed by atoms with van der Waals surface area (Å²) in [6.07, 6.45) is 3.25. The highest BCUT2D eigenvalue weighted by Gasteiger charge is 2.28. The van der Waals surface area contributed by atoms with Gasteiger partial charge in [0.25, 0.3) is 0 Å². The highest BCUT2D eigenvalue weighted by molar-refractivity contribution is 7.89. The third kappa shape index (κ3) is 2.73. The standard InChI is InChI=1S/C11H15NO4S2/c1-7(8-3-2-4-8)12-18(15,16)9-5-10(11(13)14)17-6-9/h5-8,12H,2-4H2,1H3,(H,13,14). The van der Waals surface area contributed by atoms with Crippen LogP contribution in [0.15, 0.2) is 16.3 Å². The SMILES string of the molecule is CC(NS(=O)(=O)c1csc(C(=O)O)c1)C1CCC1. The second-order valence-corrected chi connectivity index (χ2v) is 7.18. The molecule has 0 radical (unpaired) electrons. The van der Waals surface area contributed by atoms with Crippen LogP contribution in [-0.4, -0.2) is 25.5 Å². The van der Waals surface area contributed by atoms with Crippen LogP contribution in [0.5, 0.6) is 0 Å². The number of carbonyl (C=O) groups is 1. The minimum atomic E-state index is -3.60. The summed E-state index contributed by atoms with van der Waals surface area (Å²) < 4.78 is 26.7. The zero-order chi connectivity index (χ0) is 13.3. The van der Waals surface area contributed by atoms with Gasteiger partial charge in [-0.25, -0.2) is 17.9 Å². The molecule has 0 aliphatic heterocycles. The lowest BCUT2D eigenvalue weighted by molar-refractivity contribution is 0.0702. The largest absolute Gasteiger partial charge is 0.477 e. The third-order valence-electron chi connectivity index (χ3n) is 3.29. The Bertz CT molecular complexity index is 545. The second kappa shape index (κ2) is 4.99. The number of aromatic carboxylic acids is 1. The van der Waals surface area contributed by atoms with E-state index in [4.69, 9.17) is 5.11 Å². The van der Waals surface area contributed by atoms with Crippen molar-refractivity contribution in [2.75, 3.05) is 0 Å². The molecule has 1 saturated carbocycles. The summed E-state index contributed by atoms with van der Waals surface area (Å²) in [6.45, 7) is 1.85. The van der Waals surface area contributed by atoms with Crippen LogP contribution in [-0.2, 0) is 10.0 Å². The summed E-state index contributed by atoms with van der Waals surface area (Å²) in [5, 5.41) is 10.1. The molecule has 100 valence electrons. The molecule has 1 aromatic heterocycles. The molecule has 1 heterocycles. The van der Waals surface area contributed by atoms with E-state index in [0.29, 0.717) is 5.92 Å². The molecule has 1 fully saturated rings. The quantitative estimate of drug-likeness (QED) is 0.867. The van der Waals surface area contributed by atoms with Gasteiger partial charge in [0.2, 0.25) is 10.0 Å². The summed E-state index contributed by atoms with van der Waals surface area (Å²) >= 11 is 0.921. The molecule has 1 atom stereocenters. The van der Waals surface area contributed by atoms with Gasteiger partial charge in [-0.05, 0) is 31.7 Å². The van der Waals surface area contributed by atoms with Gasteiger partial charge in [0.15, 0.2) is 0 Å². The fraction of sp³-hybridized carbons (Fsp3) is 0.545. The maximum absolute atomic E-state index is 12.0. The number of hydrogen-bond donors (Lipinski definition) is 2. The van der Waals surface area contributed by atoms with E-state index in [0.717, 1.165) is 30.6 Å². The van der Waals surface area contributed by atoms with E-state index in [9.17, 15) is 13.2 Å². The van der Waals surface area contributed by atoms with Gasteiger partial charge in [-0.2, -0.15) is 0 Å². The van der Waals surface area contributed by atoms with Crippen molar-refractivity contribution in [2.45, 2.75) is 37.1 Å². The van der Waals surface area contributed by atoms with Crippen LogP contribution in [0.4, 0.5) is 0 Å². The lowest BCUT2D eigenvalue weighted by Crippen LogP contribution is -2.40. The molecule has 5 nitrogen and oxygen atoms in total. The average Bonchev–Trinajstić information content (AvgIpc) is 2.61. The van der Waals surface area contributed by atoms with Crippen LogP contribution in [0.3, 0.4) is 0 Å². The number of carboxylic acid groups (broad SMARTS) is 1. The molecule has 7 heteroatoms. The summed E-state index contributed by atoms with van der Waals surface area (Å²) in [7, 11) is -3.60. The van der Waals surface area contributed by atoms with Crippen LogP contribution < -0.4 is 4.72 Å². The Morgan fingerprint density at radius 3 is 2.67 bits per heavy atom. The number of carboxylic acids is 1. The number of nitrogens with one attached hydrogen (secondary N) is 1. The number of rotatable bonds is 5. The summed E-state index contributed by atoms with van der Waals surface area (Å²) in [4.78, 5) is 10.8. The van der Waals surface area contributed by atoms with Crippen molar-refractivity contribution in [1.29, 1.82) is 0 Å². The first kappa shape index (κ1) is 13.5. The van der Waals surface area contributed by atoms with Crippen molar-refractivity contribution in [3.05, 3.63) is 16.3 Å². The normalized spacial score (nSPS) is 18.3. The first-order chi connectivity index (χ1) is 8.40. The van der Waals surface area contributed by atoms with Crippen molar-refractivity contribution < 1.29 is 18.3 Å². The van der Waals surface area contributed by atoms with Gasteiger partial charge in [-0.3, -0.25) is 0 Å². The first-order valence-electron chi connectivity index (χ1n) is 5.74. The summed E-state index contributed by atoms with van der Waals surface area (Å²) in [5.41, 5.74) is 0. The van der Waals surface area contributed by atoms with Crippen LogP contribution in [0.25, 0.3) is 0 Å². The summed E-state index contributed by atoms with van der Waals surface area (Å²) in [6, 6.07) is 1.10. The van der Waals surface area contributed by atoms with E-state index in [-0.39, 0.29) is 15.8 Å². The van der Waals surface area contributed by atoms with Gasteiger partial charge in [-0.1, -0.05) is 6.42 Å². The van der Waals surface area contributed by atoms with E-state index in [1.807, 2.05) is 6.92 Å². The van der Waals surface area contributed by atoms with Crippen LogP contribution in [0, 0.1) is 5.92 Å². The van der Waals surface area contributed by atoms with Gasteiger partial charge in [0.05, 0.1) is 4.90 Å². The lowest BCUT2D eigenvalue weighted by atomic mass is 9.81. The fourth-order valence-corrected chi connectivity index (χ4v) is 4.34. The molecule has 0 amide bonds. The summed E-state index contributed by atoms with van der Waals surface area (Å²) in [5.74, 6) is -0.703. The van der Waals surface area contributed by atoms with E-state index in [2.05, 4.69) is 4.72 Å². The van der Waals surface area contributed by atoms with Crippen LogP contribution >= 0.6 is 11.3 Å². The fourth-order valence-electron chi connectivity index (χ4n) is 1.92. The van der Waals surface area contributed by atoms with E-state index >= 15 is 0 Å². The van der Waals surface area contributed by atoms with E-state index in [1.54, 1.807) is 0 Å². The topological polar surface area (TPSA) is 83.5 Å². The maximum Gasteiger partial charge on any atom is 0.345 e. The predicted molar refractivity (Wildman–Crippen MR) is 68.4 cm³/mol. The van der Waals surface area contributed by atoms with Gasteiger partial charge in [0.1, 0.15) is 4.88 Å². The molecule has 1 aromatic rings. The van der Waals surface area contributed by atoms with Crippen LogP contribution in [0.2, 0.25) is 0 Å². The van der Waals surface area contributed by atoms with Gasteiger partial charge >= 0.3 is 5.97 Å². The zero-order valence-electron chi connectivity index (χ0n) is 9.92. The molecule has 1 unspecified atom stereocenters. The van der Waals surface area contributed by atoms with Crippen molar-refractivity contribution >= 4 is 27.3 Å².